The predicted octanol–water partition coefficient (Wildman–Crippen LogP) is 6.14. The van der Waals surface area contributed by atoms with Crippen LogP contribution in [0.2, 0.25) is 0 Å². The summed E-state index contributed by atoms with van der Waals surface area (Å²) in [5.74, 6) is -0.729. The molecule has 2 nitrogen and oxygen atoms in total. The van der Waals surface area contributed by atoms with Gasteiger partial charge in [0.05, 0.1) is 0 Å². The Kier molecular flexibility index (Phi) is 3.32. The maximum absolute atomic E-state index is 10.9. The first-order valence-corrected chi connectivity index (χ1v) is 9.02. The lowest BCUT2D eigenvalue weighted by Crippen LogP contribution is -1.97. The minimum absolute atomic E-state index is 0.210. The molecule has 0 spiro atoms. The standard InChI is InChI=1S/C24H18O2/c25-22(26)10-4-7-17-14-18-13-16-5-1-2-8-19(16)21-12-11-15-6-3-9-20(17)23(15)24(18)21/h1-3,5-6,8-9,11-14H,4,7,10H2,(H,25,26). The first-order valence-electron chi connectivity index (χ1n) is 9.02. The number of hydrogen-bond acceptors (Lipinski definition) is 1. The molecule has 0 fully saturated rings. The van der Waals surface area contributed by atoms with Crippen LogP contribution in [-0.4, -0.2) is 11.1 Å². The summed E-state index contributed by atoms with van der Waals surface area (Å²) in [5.41, 5.74) is 1.24. The van der Waals surface area contributed by atoms with Gasteiger partial charge in [-0.2, -0.15) is 0 Å². The number of aryl methyl sites for hydroxylation is 1. The average molecular weight is 338 g/mol. The lowest BCUT2D eigenvalue weighted by Gasteiger charge is -2.16. The lowest BCUT2D eigenvalue weighted by molar-refractivity contribution is -0.137. The van der Waals surface area contributed by atoms with Gasteiger partial charge in [0.15, 0.2) is 0 Å². The molecule has 0 bridgehead atoms. The Balaban J connectivity index is 1.87. The molecule has 0 atom stereocenters. The average Bonchev–Trinajstić information content (AvgIpc) is 2.66. The van der Waals surface area contributed by atoms with Crippen molar-refractivity contribution in [2.45, 2.75) is 19.3 Å². The molecule has 0 saturated heterocycles. The highest BCUT2D eigenvalue weighted by Crippen LogP contribution is 2.40. The maximum Gasteiger partial charge on any atom is 0.303 e. The third kappa shape index (κ3) is 2.22. The number of aliphatic carboxylic acids is 1. The molecule has 126 valence electrons. The molecule has 1 N–H and O–H groups in total. The number of carboxylic acid groups (broad SMARTS) is 1. The molecule has 0 amide bonds. The normalized spacial score (nSPS) is 11.8. The van der Waals surface area contributed by atoms with E-state index in [4.69, 9.17) is 5.11 Å². The highest BCUT2D eigenvalue weighted by molar-refractivity contribution is 6.29. The van der Waals surface area contributed by atoms with Crippen LogP contribution in [0.25, 0.3) is 43.1 Å². The first-order chi connectivity index (χ1) is 12.7. The van der Waals surface area contributed by atoms with Gasteiger partial charge in [0.1, 0.15) is 0 Å². The molecule has 2 heteroatoms. The maximum atomic E-state index is 10.9. The van der Waals surface area contributed by atoms with Gasteiger partial charge >= 0.3 is 5.97 Å². The minimum atomic E-state index is -0.729. The Morgan fingerprint density at radius 2 is 1.50 bits per heavy atom. The Labute approximate surface area is 151 Å². The molecular weight excluding hydrogens is 320 g/mol. The van der Waals surface area contributed by atoms with Gasteiger partial charge in [-0.3, -0.25) is 4.79 Å². The monoisotopic (exact) mass is 338 g/mol. The van der Waals surface area contributed by atoms with E-state index in [0.717, 1.165) is 6.42 Å². The summed E-state index contributed by atoms with van der Waals surface area (Å²) in [6.07, 6.45) is 1.66. The SMILES string of the molecule is O=C(O)CCCc1cc2cc3ccccc3c3ccc4cccc1c4c23. The van der Waals surface area contributed by atoms with Crippen LogP contribution in [0.4, 0.5) is 0 Å². The summed E-state index contributed by atoms with van der Waals surface area (Å²) >= 11 is 0. The van der Waals surface area contributed by atoms with Crippen molar-refractivity contribution in [1.82, 2.24) is 0 Å². The molecule has 26 heavy (non-hydrogen) atoms. The van der Waals surface area contributed by atoms with Crippen LogP contribution in [0.15, 0.2) is 66.7 Å². The molecule has 5 aromatic carbocycles. The van der Waals surface area contributed by atoms with Crippen molar-refractivity contribution in [2.24, 2.45) is 0 Å². The van der Waals surface area contributed by atoms with Crippen LogP contribution in [0.3, 0.4) is 0 Å². The highest BCUT2D eigenvalue weighted by atomic mass is 16.4. The number of carbonyl (C=O) groups is 1. The van der Waals surface area contributed by atoms with E-state index in [1.165, 1.54) is 48.7 Å². The first kappa shape index (κ1) is 15.2. The van der Waals surface area contributed by atoms with E-state index in [1.54, 1.807) is 0 Å². The van der Waals surface area contributed by atoms with Gasteiger partial charge in [0, 0.05) is 6.42 Å². The molecule has 0 aliphatic carbocycles. The fourth-order valence-electron chi connectivity index (χ4n) is 4.30. The van der Waals surface area contributed by atoms with Crippen LogP contribution in [0.1, 0.15) is 18.4 Å². The van der Waals surface area contributed by atoms with Crippen molar-refractivity contribution in [3.8, 4) is 0 Å². The van der Waals surface area contributed by atoms with Gasteiger partial charge in [-0.15, -0.1) is 0 Å². The highest BCUT2D eigenvalue weighted by Gasteiger charge is 2.14. The van der Waals surface area contributed by atoms with E-state index in [9.17, 15) is 4.79 Å². The molecule has 0 aliphatic heterocycles. The second kappa shape index (κ2) is 5.70. The van der Waals surface area contributed by atoms with E-state index in [0.29, 0.717) is 6.42 Å². The lowest BCUT2D eigenvalue weighted by atomic mass is 9.87. The van der Waals surface area contributed by atoms with Crippen LogP contribution < -0.4 is 0 Å². The Morgan fingerprint density at radius 3 is 2.38 bits per heavy atom. The Bertz CT molecular complexity index is 1280. The van der Waals surface area contributed by atoms with Crippen LogP contribution in [0.5, 0.6) is 0 Å². The summed E-state index contributed by atoms with van der Waals surface area (Å²) in [6, 6.07) is 23.9. The van der Waals surface area contributed by atoms with Crippen LogP contribution >= 0.6 is 0 Å². The summed E-state index contributed by atoms with van der Waals surface area (Å²) in [7, 11) is 0. The zero-order valence-corrected chi connectivity index (χ0v) is 14.3. The van der Waals surface area contributed by atoms with Crippen molar-refractivity contribution in [3.63, 3.8) is 0 Å². The minimum Gasteiger partial charge on any atom is -0.481 e. The largest absolute Gasteiger partial charge is 0.481 e. The van der Waals surface area contributed by atoms with Gasteiger partial charge < -0.3 is 5.11 Å². The zero-order valence-electron chi connectivity index (χ0n) is 14.3. The summed E-state index contributed by atoms with van der Waals surface area (Å²) in [6.45, 7) is 0. The summed E-state index contributed by atoms with van der Waals surface area (Å²) in [5, 5.41) is 19.2. The summed E-state index contributed by atoms with van der Waals surface area (Å²) in [4.78, 5) is 10.9. The molecule has 0 aliphatic rings. The molecule has 0 saturated carbocycles. The topological polar surface area (TPSA) is 37.3 Å². The summed E-state index contributed by atoms with van der Waals surface area (Å²) < 4.78 is 0. The van der Waals surface area contributed by atoms with E-state index >= 15 is 0 Å². The van der Waals surface area contributed by atoms with Crippen molar-refractivity contribution in [1.29, 1.82) is 0 Å². The molecular formula is C24H18O2. The number of fused-ring (bicyclic) bond motifs is 2. The third-order valence-corrected chi connectivity index (χ3v) is 5.41. The number of benzene rings is 5. The fourth-order valence-corrected chi connectivity index (χ4v) is 4.30. The van der Waals surface area contributed by atoms with E-state index in [2.05, 4.69) is 66.7 Å². The van der Waals surface area contributed by atoms with Crippen LogP contribution in [-0.2, 0) is 11.2 Å². The smallest absolute Gasteiger partial charge is 0.303 e. The van der Waals surface area contributed by atoms with Crippen LogP contribution in [0, 0.1) is 0 Å². The quantitative estimate of drug-likeness (QED) is 0.315. The molecule has 0 aromatic heterocycles. The van der Waals surface area contributed by atoms with Crippen molar-refractivity contribution in [2.75, 3.05) is 0 Å². The number of rotatable bonds is 4. The van der Waals surface area contributed by atoms with Gasteiger partial charge in [0.25, 0.3) is 0 Å². The van der Waals surface area contributed by atoms with Gasteiger partial charge in [-0.05, 0) is 67.6 Å². The molecule has 0 unspecified atom stereocenters. The second-order valence-electron chi connectivity index (χ2n) is 7.00. The Morgan fingerprint density at radius 1 is 0.731 bits per heavy atom. The van der Waals surface area contributed by atoms with E-state index < -0.39 is 5.97 Å². The third-order valence-electron chi connectivity index (χ3n) is 5.41. The predicted molar refractivity (Wildman–Crippen MR) is 108 cm³/mol. The molecule has 5 rings (SSSR count). The second-order valence-corrected chi connectivity index (χ2v) is 7.00. The van der Waals surface area contributed by atoms with Gasteiger partial charge in [0.2, 0.25) is 0 Å². The van der Waals surface area contributed by atoms with Gasteiger partial charge in [-0.25, -0.2) is 0 Å². The van der Waals surface area contributed by atoms with Crippen molar-refractivity contribution >= 4 is 49.1 Å². The molecule has 0 radical (unpaired) electrons. The van der Waals surface area contributed by atoms with E-state index in [-0.39, 0.29) is 6.42 Å². The molecule has 0 heterocycles. The van der Waals surface area contributed by atoms with Gasteiger partial charge in [-0.1, -0.05) is 60.7 Å². The van der Waals surface area contributed by atoms with E-state index in [1.807, 2.05) is 0 Å². The number of hydrogen-bond donors (Lipinski definition) is 1. The molecule has 5 aromatic rings. The van der Waals surface area contributed by atoms with Crippen molar-refractivity contribution < 1.29 is 9.90 Å². The number of carboxylic acids is 1. The Hall–Kier alpha value is -3.13. The van der Waals surface area contributed by atoms with Crippen molar-refractivity contribution in [3.05, 3.63) is 72.3 Å². The fraction of sp³-hybridized carbons (Fsp3) is 0.125. The zero-order chi connectivity index (χ0) is 17.7.